The number of benzene rings is 5. The topological polar surface area (TPSA) is 96.0 Å². The van der Waals surface area contributed by atoms with E-state index in [0.717, 1.165) is 9.87 Å². The first-order valence-electron chi connectivity index (χ1n) is 16.5. The highest BCUT2D eigenvalue weighted by Crippen LogP contribution is 2.30. The summed E-state index contributed by atoms with van der Waals surface area (Å²) < 4.78 is 35.6. The molecule has 5 rings (SSSR count). The van der Waals surface area contributed by atoms with Gasteiger partial charge in [-0.05, 0) is 79.6 Å². The molecule has 51 heavy (non-hydrogen) atoms. The number of para-hydroxylation sites is 1. The van der Waals surface area contributed by atoms with Gasteiger partial charge in [0.05, 0.1) is 10.6 Å². The van der Waals surface area contributed by atoms with Crippen LogP contribution in [0.15, 0.2) is 138 Å². The molecule has 264 valence electrons. The minimum atomic E-state index is -4.28. The van der Waals surface area contributed by atoms with Crippen LogP contribution in [0.25, 0.3) is 0 Å². The van der Waals surface area contributed by atoms with Gasteiger partial charge in [-0.25, -0.2) is 8.42 Å². The van der Waals surface area contributed by atoms with Crippen LogP contribution in [0.1, 0.15) is 31.4 Å². The number of carbonyl (C=O) groups is 2. The van der Waals surface area contributed by atoms with Crippen LogP contribution in [0.2, 0.25) is 10.0 Å². The molecule has 2 amide bonds. The summed E-state index contributed by atoms with van der Waals surface area (Å²) in [7, 11) is -4.28. The van der Waals surface area contributed by atoms with Gasteiger partial charge >= 0.3 is 0 Å². The Morgan fingerprint density at radius 1 is 0.745 bits per heavy atom. The minimum absolute atomic E-state index is 0.00143. The summed E-state index contributed by atoms with van der Waals surface area (Å²) >= 11 is 13.2. The first-order chi connectivity index (χ1) is 24.6. The summed E-state index contributed by atoms with van der Waals surface area (Å²) in [5, 5.41) is 3.64. The van der Waals surface area contributed by atoms with Crippen molar-refractivity contribution < 1.29 is 22.7 Å². The van der Waals surface area contributed by atoms with E-state index in [1.165, 1.54) is 17.0 Å². The summed E-state index contributed by atoms with van der Waals surface area (Å²) in [5.41, 5.74) is 1.48. The van der Waals surface area contributed by atoms with Gasteiger partial charge in [-0.2, -0.15) is 0 Å². The van der Waals surface area contributed by atoms with Crippen molar-refractivity contribution in [3.63, 3.8) is 0 Å². The predicted octanol–water partition coefficient (Wildman–Crippen LogP) is 8.54. The minimum Gasteiger partial charge on any atom is -0.457 e. The normalized spacial score (nSPS) is 12.4. The third-order valence-electron chi connectivity index (χ3n) is 8.38. The quantitative estimate of drug-likeness (QED) is 0.116. The molecule has 0 aromatic heterocycles. The van der Waals surface area contributed by atoms with Crippen molar-refractivity contribution in [3.8, 4) is 11.5 Å². The van der Waals surface area contributed by atoms with Crippen LogP contribution in [-0.2, 0) is 32.6 Å². The third-order valence-corrected chi connectivity index (χ3v) is 10.9. The van der Waals surface area contributed by atoms with E-state index < -0.39 is 28.5 Å². The maximum Gasteiger partial charge on any atom is 0.264 e. The van der Waals surface area contributed by atoms with Gasteiger partial charge in [0.25, 0.3) is 10.0 Å². The van der Waals surface area contributed by atoms with E-state index in [4.69, 9.17) is 27.9 Å². The standard InChI is InChI=1S/C40H39Cl2N3O5S/c1-3-29(2)43-40(47)38(26-30-14-7-4-8-15-30)44(27-35-36(41)20-13-21-37(35)42)39(46)28-45(51(48,49)34-18-11-6-12-19-34)31-22-24-33(25-23-31)50-32-16-9-5-10-17-32/h4-25,29,38H,3,26-28H2,1-2H3,(H,43,47)/t29-,38-/m0/s1. The molecule has 0 aliphatic heterocycles. The highest BCUT2D eigenvalue weighted by molar-refractivity contribution is 7.92. The van der Waals surface area contributed by atoms with Gasteiger partial charge in [-0.1, -0.05) is 103 Å². The van der Waals surface area contributed by atoms with E-state index in [9.17, 15) is 18.0 Å². The molecule has 0 heterocycles. The smallest absolute Gasteiger partial charge is 0.264 e. The Kier molecular flexibility index (Phi) is 12.8. The van der Waals surface area contributed by atoms with Gasteiger partial charge < -0.3 is 15.0 Å². The summed E-state index contributed by atoms with van der Waals surface area (Å²) in [6.07, 6.45) is 0.828. The Hall–Kier alpha value is -4.83. The van der Waals surface area contributed by atoms with Crippen molar-refractivity contribution in [1.82, 2.24) is 10.2 Å². The molecule has 0 fully saturated rings. The molecule has 0 saturated carbocycles. The largest absolute Gasteiger partial charge is 0.457 e. The number of nitrogens with zero attached hydrogens (tertiary/aromatic N) is 2. The molecule has 11 heteroatoms. The van der Waals surface area contributed by atoms with Crippen LogP contribution in [0.5, 0.6) is 11.5 Å². The maximum absolute atomic E-state index is 14.8. The van der Waals surface area contributed by atoms with E-state index in [0.29, 0.717) is 33.5 Å². The lowest BCUT2D eigenvalue weighted by Crippen LogP contribution is -2.54. The zero-order chi connectivity index (χ0) is 36.4. The number of amides is 2. The third kappa shape index (κ3) is 9.70. The molecule has 0 aliphatic carbocycles. The molecular weight excluding hydrogens is 705 g/mol. The van der Waals surface area contributed by atoms with Crippen molar-refractivity contribution in [2.24, 2.45) is 0 Å². The van der Waals surface area contributed by atoms with Crippen molar-refractivity contribution in [3.05, 3.63) is 155 Å². The fraction of sp³-hybridized carbons (Fsp3) is 0.200. The van der Waals surface area contributed by atoms with Crippen LogP contribution in [0, 0.1) is 0 Å². The van der Waals surface area contributed by atoms with E-state index >= 15 is 0 Å². The van der Waals surface area contributed by atoms with Crippen LogP contribution in [0.3, 0.4) is 0 Å². The second kappa shape index (κ2) is 17.4. The highest BCUT2D eigenvalue weighted by Gasteiger charge is 2.35. The fourth-order valence-corrected chi connectivity index (χ4v) is 7.35. The van der Waals surface area contributed by atoms with Crippen molar-refractivity contribution in [1.29, 1.82) is 0 Å². The molecule has 0 bridgehead atoms. The average Bonchev–Trinajstić information content (AvgIpc) is 3.14. The lowest BCUT2D eigenvalue weighted by atomic mass is 10.0. The van der Waals surface area contributed by atoms with Gasteiger partial charge in [-0.15, -0.1) is 0 Å². The maximum atomic E-state index is 14.8. The number of ether oxygens (including phenoxy) is 1. The number of halogens is 2. The van der Waals surface area contributed by atoms with E-state index in [1.54, 1.807) is 60.7 Å². The summed E-state index contributed by atoms with van der Waals surface area (Å²) in [4.78, 5) is 30.2. The van der Waals surface area contributed by atoms with Crippen molar-refractivity contribution >= 4 is 50.7 Å². The van der Waals surface area contributed by atoms with E-state index in [1.807, 2.05) is 74.5 Å². The Labute approximate surface area is 309 Å². The molecular formula is C40H39Cl2N3O5S. The Balaban J connectivity index is 1.58. The lowest BCUT2D eigenvalue weighted by Gasteiger charge is -2.34. The summed E-state index contributed by atoms with van der Waals surface area (Å²) in [5.74, 6) is 0.0797. The zero-order valence-corrected chi connectivity index (χ0v) is 30.6. The second-order valence-corrected chi connectivity index (χ2v) is 14.7. The second-order valence-electron chi connectivity index (χ2n) is 12.0. The molecule has 0 unspecified atom stereocenters. The van der Waals surface area contributed by atoms with Crippen LogP contribution < -0.4 is 14.4 Å². The molecule has 0 aliphatic rings. The Bertz CT molecular complexity index is 2000. The van der Waals surface area contributed by atoms with E-state index in [2.05, 4.69) is 5.32 Å². The van der Waals surface area contributed by atoms with Gasteiger partial charge in [-0.3, -0.25) is 13.9 Å². The van der Waals surface area contributed by atoms with Gasteiger partial charge in [0.15, 0.2) is 0 Å². The number of hydrogen-bond donors (Lipinski definition) is 1. The average molecular weight is 745 g/mol. The van der Waals surface area contributed by atoms with Gasteiger partial charge in [0.1, 0.15) is 24.1 Å². The first kappa shape index (κ1) is 37.4. The molecule has 2 atom stereocenters. The zero-order valence-electron chi connectivity index (χ0n) is 28.3. The Morgan fingerprint density at radius 3 is 1.88 bits per heavy atom. The fourth-order valence-electron chi connectivity index (χ4n) is 5.40. The molecule has 0 saturated heterocycles. The number of rotatable bonds is 15. The highest BCUT2D eigenvalue weighted by atomic mass is 35.5. The monoisotopic (exact) mass is 743 g/mol. The molecule has 5 aromatic carbocycles. The molecule has 8 nitrogen and oxygen atoms in total. The van der Waals surface area contributed by atoms with Gasteiger partial charge in [0, 0.05) is 34.6 Å². The van der Waals surface area contributed by atoms with Crippen LogP contribution in [-0.4, -0.2) is 43.8 Å². The summed E-state index contributed by atoms with van der Waals surface area (Å²) in [6.45, 7) is 3.06. The number of nitrogens with one attached hydrogen (secondary N) is 1. The van der Waals surface area contributed by atoms with Crippen LogP contribution in [0.4, 0.5) is 5.69 Å². The van der Waals surface area contributed by atoms with Crippen molar-refractivity contribution in [2.75, 3.05) is 10.8 Å². The number of sulfonamides is 1. The summed E-state index contributed by atoms with van der Waals surface area (Å²) in [6, 6.07) is 36.6. The lowest BCUT2D eigenvalue weighted by molar-refractivity contribution is -0.140. The van der Waals surface area contributed by atoms with Crippen molar-refractivity contribution in [2.45, 2.75) is 50.2 Å². The molecule has 0 spiro atoms. The molecule has 1 N–H and O–H groups in total. The first-order valence-corrected chi connectivity index (χ1v) is 18.7. The Morgan fingerprint density at radius 2 is 1.29 bits per heavy atom. The number of hydrogen-bond acceptors (Lipinski definition) is 5. The molecule has 0 radical (unpaired) electrons. The van der Waals surface area contributed by atoms with E-state index in [-0.39, 0.29) is 35.5 Å². The van der Waals surface area contributed by atoms with Crippen LogP contribution >= 0.6 is 23.2 Å². The number of carbonyl (C=O) groups excluding carboxylic acids is 2. The number of anilines is 1. The molecule has 5 aromatic rings. The van der Waals surface area contributed by atoms with Gasteiger partial charge in [0.2, 0.25) is 11.8 Å². The predicted molar refractivity (Wildman–Crippen MR) is 203 cm³/mol. The SMILES string of the molecule is CC[C@H](C)NC(=O)[C@H](Cc1ccccc1)N(Cc1c(Cl)cccc1Cl)C(=O)CN(c1ccc(Oc2ccccc2)cc1)S(=O)(=O)c1ccccc1.